The molecule has 1 aliphatic rings. The first kappa shape index (κ1) is 17.9. The summed E-state index contributed by atoms with van der Waals surface area (Å²) in [5, 5.41) is 1.63. The number of rotatable bonds is 5. The maximum atomic E-state index is 12.6. The van der Waals surface area contributed by atoms with Gasteiger partial charge in [-0.15, -0.1) is 11.3 Å². The van der Waals surface area contributed by atoms with Crippen LogP contribution < -0.4 is 0 Å². The largest absolute Gasteiger partial charge is 0.293 e. The van der Waals surface area contributed by atoms with Gasteiger partial charge in [0.05, 0.1) is 26.9 Å². The van der Waals surface area contributed by atoms with E-state index in [2.05, 4.69) is 11.0 Å². The molecule has 0 spiro atoms. The van der Waals surface area contributed by atoms with E-state index >= 15 is 0 Å². The van der Waals surface area contributed by atoms with Crippen LogP contribution in [0.3, 0.4) is 0 Å². The molecule has 1 fully saturated rings. The van der Waals surface area contributed by atoms with Crippen molar-refractivity contribution in [1.82, 2.24) is 9.88 Å². The minimum atomic E-state index is -3.31. The van der Waals surface area contributed by atoms with Gasteiger partial charge in [-0.05, 0) is 55.8 Å². The van der Waals surface area contributed by atoms with Crippen molar-refractivity contribution in [3.05, 3.63) is 58.6 Å². The maximum Gasteiger partial charge on any atom is 0.179 e. The van der Waals surface area contributed by atoms with E-state index in [1.165, 1.54) is 4.70 Å². The predicted octanol–water partition coefficient (Wildman–Crippen LogP) is 4.56. The van der Waals surface area contributed by atoms with E-state index in [0.29, 0.717) is 16.5 Å². The van der Waals surface area contributed by atoms with Crippen molar-refractivity contribution < 1.29 is 8.42 Å². The second kappa shape index (κ2) is 7.27. The summed E-state index contributed by atoms with van der Waals surface area (Å²) in [7, 11) is -3.31. The third-order valence-electron chi connectivity index (χ3n) is 4.78. The Balaban J connectivity index is 1.49. The smallest absolute Gasteiger partial charge is 0.179 e. The highest BCUT2D eigenvalue weighted by Crippen LogP contribution is 2.36. The van der Waals surface area contributed by atoms with Gasteiger partial charge < -0.3 is 0 Å². The molecule has 26 heavy (non-hydrogen) atoms. The van der Waals surface area contributed by atoms with Crippen LogP contribution in [0.15, 0.2) is 53.4 Å². The number of likely N-dealkylation sites (tertiary alicyclic amines) is 1. The van der Waals surface area contributed by atoms with Crippen molar-refractivity contribution >= 4 is 43.0 Å². The lowest BCUT2D eigenvalue weighted by Crippen LogP contribution is -2.29. The summed E-state index contributed by atoms with van der Waals surface area (Å²) in [6, 6.07) is 14.7. The highest BCUT2D eigenvalue weighted by atomic mass is 35.5. The average Bonchev–Trinajstić information content (AvgIpc) is 3.26. The minimum Gasteiger partial charge on any atom is -0.293 e. The summed E-state index contributed by atoms with van der Waals surface area (Å²) < 4.78 is 26.4. The molecule has 1 atom stereocenters. The van der Waals surface area contributed by atoms with Gasteiger partial charge in [0.1, 0.15) is 5.01 Å². The molecule has 1 aromatic heterocycles. The molecule has 1 aliphatic heterocycles. The third kappa shape index (κ3) is 3.64. The molecule has 0 aliphatic carbocycles. The molecule has 4 rings (SSSR count). The van der Waals surface area contributed by atoms with Gasteiger partial charge in [0.15, 0.2) is 9.84 Å². The van der Waals surface area contributed by atoms with Crippen LogP contribution in [0.1, 0.15) is 23.9 Å². The number of para-hydroxylation sites is 1. The van der Waals surface area contributed by atoms with E-state index in [1.807, 2.05) is 18.2 Å². The zero-order chi connectivity index (χ0) is 18.1. The Bertz CT molecular complexity index is 982. The zero-order valence-corrected chi connectivity index (χ0v) is 16.5. The lowest BCUT2D eigenvalue weighted by molar-refractivity contribution is 0.272. The Morgan fingerprint density at radius 1 is 1.15 bits per heavy atom. The second-order valence-corrected chi connectivity index (χ2v) is 10.1. The molecule has 0 N–H and O–H groups in total. The van der Waals surface area contributed by atoms with Crippen LogP contribution in [0, 0.1) is 0 Å². The Morgan fingerprint density at radius 3 is 2.69 bits per heavy atom. The number of thiazole rings is 1. The van der Waals surface area contributed by atoms with Crippen LogP contribution in [0.25, 0.3) is 10.2 Å². The molecular weight excluding hydrogens is 388 g/mol. The van der Waals surface area contributed by atoms with E-state index < -0.39 is 9.84 Å². The quantitative estimate of drug-likeness (QED) is 0.623. The van der Waals surface area contributed by atoms with Gasteiger partial charge in [0.2, 0.25) is 0 Å². The Morgan fingerprint density at radius 2 is 1.92 bits per heavy atom. The number of aromatic nitrogens is 1. The summed E-state index contributed by atoms with van der Waals surface area (Å²) in [6.07, 6.45) is 2.10. The first-order valence-electron chi connectivity index (χ1n) is 8.61. The number of benzene rings is 2. The highest BCUT2D eigenvalue weighted by molar-refractivity contribution is 7.91. The maximum absolute atomic E-state index is 12.6. The van der Waals surface area contributed by atoms with Crippen LogP contribution >= 0.6 is 22.9 Å². The van der Waals surface area contributed by atoms with Crippen LogP contribution in [-0.2, 0) is 9.84 Å². The zero-order valence-electron chi connectivity index (χ0n) is 14.1. The molecule has 2 aromatic carbocycles. The topological polar surface area (TPSA) is 50.3 Å². The van der Waals surface area contributed by atoms with Crippen molar-refractivity contribution in [2.24, 2.45) is 0 Å². The van der Waals surface area contributed by atoms with Crippen LogP contribution in [0.5, 0.6) is 0 Å². The molecule has 7 heteroatoms. The first-order valence-corrected chi connectivity index (χ1v) is 11.5. The fourth-order valence-corrected chi connectivity index (χ4v) is 5.93. The number of hydrogen-bond acceptors (Lipinski definition) is 5. The Hall–Kier alpha value is -1.47. The van der Waals surface area contributed by atoms with E-state index in [-0.39, 0.29) is 11.8 Å². The summed E-state index contributed by atoms with van der Waals surface area (Å²) in [5.74, 6) is 0.107. The van der Waals surface area contributed by atoms with E-state index in [9.17, 15) is 8.42 Å². The fourth-order valence-electron chi connectivity index (χ4n) is 3.40. The summed E-state index contributed by atoms with van der Waals surface area (Å²) in [5.41, 5.74) is 1.02. The molecular formula is C19H19ClN2O2S2. The molecule has 0 amide bonds. The van der Waals surface area contributed by atoms with Gasteiger partial charge >= 0.3 is 0 Å². The van der Waals surface area contributed by atoms with Crippen LogP contribution in [-0.4, -0.2) is 37.1 Å². The van der Waals surface area contributed by atoms with Crippen molar-refractivity contribution in [2.75, 3.05) is 18.8 Å². The molecule has 136 valence electrons. The molecule has 3 aromatic rings. The first-order chi connectivity index (χ1) is 12.5. The second-order valence-electron chi connectivity index (χ2n) is 6.49. The third-order valence-corrected chi connectivity index (χ3v) is 7.88. The molecule has 4 nitrogen and oxygen atoms in total. The van der Waals surface area contributed by atoms with Crippen LogP contribution in [0.4, 0.5) is 0 Å². The van der Waals surface area contributed by atoms with E-state index in [1.54, 1.807) is 35.6 Å². The predicted molar refractivity (Wildman–Crippen MR) is 107 cm³/mol. The summed E-state index contributed by atoms with van der Waals surface area (Å²) in [6.45, 7) is 1.43. The van der Waals surface area contributed by atoms with Crippen molar-refractivity contribution in [3.8, 4) is 0 Å². The molecule has 0 bridgehead atoms. The van der Waals surface area contributed by atoms with Crippen LogP contribution in [0.2, 0.25) is 5.02 Å². The number of hydrogen-bond donors (Lipinski definition) is 0. The molecule has 0 saturated carbocycles. The Labute approximate surface area is 162 Å². The normalized spacial score (nSPS) is 18.6. The van der Waals surface area contributed by atoms with Gasteiger partial charge in [-0.25, -0.2) is 13.4 Å². The molecule has 0 radical (unpaired) electrons. The number of fused-ring (bicyclic) bond motifs is 1. The SMILES string of the molecule is O=S(=O)(CCN1CCCC1c1nc2ccccc2s1)c1ccc(Cl)cc1. The van der Waals surface area contributed by atoms with Gasteiger partial charge in [-0.1, -0.05) is 23.7 Å². The fraction of sp³-hybridized carbons (Fsp3) is 0.316. The summed E-state index contributed by atoms with van der Waals surface area (Å²) >= 11 is 7.57. The van der Waals surface area contributed by atoms with Crippen molar-refractivity contribution in [3.63, 3.8) is 0 Å². The van der Waals surface area contributed by atoms with Gasteiger partial charge in [0, 0.05) is 11.6 Å². The lowest BCUT2D eigenvalue weighted by Gasteiger charge is -2.22. The number of nitrogens with zero attached hydrogens (tertiary/aromatic N) is 2. The van der Waals surface area contributed by atoms with Crippen molar-refractivity contribution in [2.45, 2.75) is 23.8 Å². The monoisotopic (exact) mass is 406 g/mol. The van der Waals surface area contributed by atoms with Crippen molar-refractivity contribution in [1.29, 1.82) is 0 Å². The molecule has 1 unspecified atom stereocenters. The minimum absolute atomic E-state index is 0.107. The highest BCUT2D eigenvalue weighted by Gasteiger charge is 2.29. The average molecular weight is 407 g/mol. The van der Waals surface area contributed by atoms with Gasteiger partial charge in [-0.2, -0.15) is 0 Å². The number of sulfone groups is 1. The number of halogens is 1. The van der Waals surface area contributed by atoms with Gasteiger partial charge in [-0.3, -0.25) is 4.90 Å². The Kier molecular flexibility index (Phi) is 5.01. The van der Waals surface area contributed by atoms with Gasteiger partial charge in [0.25, 0.3) is 0 Å². The lowest BCUT2D eigenvalue weighted by atomic mass is 10.2. The molecule has 2 heterocycles. The standard InChI is InChI=1S/C19H19ClN2O2S2/c20-14-7-9-15(10-8-14)26(23,24)13-12-22-11-3-5-17(22)19-21-16-4-1-2-6-18(16)25-19/h1-2,4,6-10,17H,3,5,11-13H2. The summed E-state index contributed by atoms with van der Waals surface area (Å²) in [4.78, 5) is 7.36. The molecule has 1 saturated heterocycles. The van der Waals surface area contributed by atoms with E-state index in [0.717, 1.165) is 29.9 Å². The van der Waals surface area contributed by atoms with E-state index in [4.69, 9.17) is 16.6 Å².